The first-order valence-corrected chi connectivity index (χ1v) is 4.46. The van der Waals surface area contributed by atoms with E-state index in [1.54, 1.807) is 7.11 Å². The molecule has 0 aliphatic rings. The quantitative estimate of drug-likeness (QED) is 0.742. The van der Waals surface area contributed by atoms with Crippen molar-refractivity contribution in [1.29, 1.82) is 0 Å². The fourth-order valence-corrected chi connectivity index (χ4v) is 0.881. The lowest BCUT2D eigenvalue weighted by Gasteiger charge is -2.10. The highest BCUT2D eigenvalue weighted by Crippen LogP contribution is 2.01. The van der Waals surface area contributed by atoms with E-state index in [1.807, 2.05) is 6.92 Å². The molecule has 1 aromatic rings. The van der Waals surface area contributed by atoms with Crippen molar-refractivity contribution in [3.63, 3.8) is 0 Å². The van der Waals surface area contributed by atoms with E-state index in [0.29, 0.717) is 12.5 Å². The maximum absolute atomic E-state index is 10.6. The summed E-state index contributed by atoms with van der Waals surface area (Å²) in [6.45, 7) is 2.41. The molecule has 15 heavy (non-hydrogen) atoms. The lowest BCUT2D eigenvalue weighted by molar-refractivity contribution is 0.0690. The van der Waals surface area contributed by atoms with Gasteiger partial charge in [0, 0.05) is 19.9 Å². The number of anilines is 1. The summed E-state index contributed by atoms with van der Waals surface area (Å²) < 4.78 is 5.02. The van der Waals surface area contributed by atoms with Crippen molar-refractivity contribution in [2.75, 3.05) is 19.0 Å². The van der Waals surface area contributed by atoms with Crippen LogP contribution in [0.3, 0.4) is 0 Å². The van der Waals surface area contributed by atoms with Crippen LogP contribution >= 0.6 is 0 Å². The summed E-state index contributed by atoms with van der Waals surface area (Å²) >= 11 is 0. The third-order valence-corrected chi connectivity index (χ3v) is 1.82. The van der Waals surface area contributed by atoms with Crippen molar-refractivity contribution < 1.29 is 14.6 Å². The van der Waals surface area contributed by atoms with E-state index in [2.05, 4.69) is 15.3 Å². The average Bonchev–Trinajstić information content (AvgIpc) is 2.26. The number of carbonyl (C=O) groups is 1. The van der Waals surface area contributed by atoms with Crippen molar-refractivity contribution in [1.82, 2.24) is 9.97 Å². The van der Waals surface area contributed by atoms with E-state index in [-0.39, 0.29) is 11.8 Å². The number of carboxylic acid groups (broad SMARTS) is 1. The van der Waals surface area contributed by atoms with Crippen molar-refractivity contribution in [2.45, 2.75) is 13.0 Å². The summed E-state index contributed by atoms with van der Waals surface area (Å²) in [5, 5.41) is 11.6. The molecule has 0 spiro atoms. The van der Waals surface area contributed by atoms with Gasteiger partial charge in [0.05, 0.1) is 6.10 Å². The van der Waals surface area contributed by atoms with E-state index in [0.717, 1.165) is 0 Å². The summed E-state index contributed by atoms with van der Waals surface area (Å²) in [6.07, 6.45) is 1.41. The van der Waals surface area contributed by atoms with Gasteiger partial charge in [-0.3, -0.25) is 0 Å². The molecule has 1 unspecified atom stereocenters. The highest BCUT2D eigenvalue weighted by molar-refractivity contribution is 5.85. The fraction of sp³-hybridized carbons (Fsp3) is 0.444. The highest BCUT2D eigenvalue weighted by Gasteiger charge is 2.06. The van der Waals surface area contributed by atoms with Gasteiger partial charge in [0.2, 0.25) is 5.95 Å². The Morgan fingerprint density at radius 3 is 3.07 bits per heavy atom. The van der Waals surface area contributed by atoms with Gasteiger partial charge in [0.25, 0.3) is 0 Å². The summed E-state index contributed by atoms with van der Waals surface area (Å²) in [7, 11) is 1.60. The van der Waals surface area contributed by atoms with E-state index < -0.39 is 5.97 Å². The van der Waals surface area contributed by atoms with Crippen molar-refractivity contribution in [3.8, 4) is 0 Å². The number of methoxy groups -OCH3 is 1. The summed E-state index contributed by atoms with van der Waals surface area (Å²) in [5.74, 6) is -0.779. The van der Waals surface area contributed by atoms with Crippen LogP contribution in [0.4, 0.5) is 5.95 Å². The Morgan fingerprint density at radius 1 is 1.73 bits per heavy atom. The van der Waals surface area contributed by atoms with E-state index in [4.69, 9.17) is 9.84 Å². The Kier molecular flexibility index (Phi) is 3.99. The van der Waals surface area contributed by atoms with Gasteiger partial charge >= 0.3 is 5.97 Å². The van der Waals surface area contributed by atoms with Crippen LogP contribution in [0.5, 0.6) is 0 Å². The molecule has 0 aromatic carbocycles. The highest BCUT2D eigenvalue weighted by atomic mass is 16.5. The van der Waals surface area contributed by atoms with Crippen molar-refractivity contribution >= 4 is 11.9 Å². The average molecular weight is 211 g/mol. The largest absolute Gasteiger partial charge is 0.477 e. The van der Waals surface area contributed by atoms with Gasteiger partial charge in [-0.15, -0.1) is 0 Å². The molecule has 6 nitrogen and oxygen atoms in total. The van der Waals surface area contributed by atoms with Crippen LogP contribution < -0.4 is 5.32 Å². The molecule has 0 saturated heterocycles. The van der Waals surface area contributed by atoms with Gasteiger partial charge in [-0.25, -0.2) is 14.8 Å². The third kappa shape index (κ3) is 3.51. The van der Waals surface area contributed by atoms with E-state index in [1.165, 1.54) is 12.3 Å². The second-order valence-corrected chi connectivity index (χ2v) is 3.00. The molecule has 0 amide bonds. The monoisotopic (exact) mass is 211 g/mol. The van der Waals surface area contributed by atoms with Gasteiger partial charge in [0.1, 0.15) is 0 Å². The molecule has 0 bridgehead atoms. The molecule has 0 aliphatic carbocycles. The van der Waals surface area contributed by atoms with E-state index >= 15 is 0 Å². The van der Waals surface area contributed by atoms with Gasteiger partial charge in [0.15, 0.2) is 5.69 Å². The molecule has 1 aromatic heterocycles. The van der Waals surface area contributed by atoms with Crippen molar-refractivity contribution in [2.24, 2.45) is 0 Å². The van der Waals surface area contributed by atoms with Gasteiger partial charge in [-0.05, 0) is 13.0 Å². The first kappa shape index (κ1) is 11.4. The summed E-state index contributed by atoms with van der Waals surface area (Å²) in [6, 6.07) is 1.34. The first-order valence-electron chi connectivity index (χ1n) is 4.46. The summed E-state index contributed by atoms with van der Waals surface area (Å²) in [5.41, 5.74) is -0.0300. The van der Waals surface area contributed by atoms with E-state index in [9.17, 15) is 4.79 Å². The number of hydrogen-bond acceptors (Lipinski definition) is 5. The zero-order chi connectivity index (χ0) is 11.3. The Hall–Kier alpha value is -1.69. The van der Waals surface area contributed by atoms with Gasteiger partial charge < -0.3 is 15.2 Å². The molecule has 1 heterocycles. The molecular formula is C9H13N3O3. The van der Waals surface area contributed by atoms with Crippen LogP contribution in [0.25, 0.3) is 0 Å². The molecule has 1 rings (SSSR count). The number of aromatic nitrogens is 2. The molecule has 2 N–H and O–H groups in total. The third-order valence-electron chi connectivity index (χ3n) is 1.82. The number of rotatable bonds is 5. The summed E-state index contributed by atoms with van der Waals surface area (Å²) in [4.78, 5) is 18.3. The van der Waals surface area contributed by atoms with Crippen LogP contribution in [-0.4, -0.2) is 40.8 Å². The number of carboxylic acids is 1. The Bertz CT molecular complexity index is 343. The zero-order valence-electron chi connectivity index (χ0n) is 8.60. The molecule has 0 saturated carbocycles. The predicted octanol–water partition coefficient (Wildman–Crippen LogP) is 0.622. The van der Waals surface area contributed by atoms with Gasteiger partial charge in [-0.2, -0.15) is 0 Å². The minimum atomic E-state index is -1.07. The maximum atomic E-state index is 10.6. The van der Waals surface area contributed by atoms with Crippen LogP contribution in [-0.2, 0) is 4.74 Å². The predicted molar refractivity (Wildman–Crippen MR) is 54.0 cm³/mol. The number of nitrogens with zero attached hydrogens (tertiary/aromatic N) is 2. The van der Waals surface area contributed by atoms with Crippen LogP contribution in [0.15, 0.2) is 12.3 Å². The molecule has 6 heteroatoms. The normalized spacial score (nSPS) is 12.1. The molecule has 82 valence electrons. The van der Waals surface area contributed by atoms with Gasteiger partial charge in [-0.1, -0.05) is 0 Å². The van der Waals surface area contributed by atoms with Crippen LogP contribution in [0.1, 0.15) is 17.4 Å². The van der Waals surface area contributed by atoms with Crippen molar-refractivity contribution in [3.05, 3.63) is 18.0 Å². The molecule has 0 radical (unpaired) electrons. The minimum Gasteiger partial charge on any atom is -0.477 e. The second kappa shape index (κ2) is 5.26. The number of ether oxygens (including phenoxy) is 1. The Labute approximate surface area is 87.3 Å². The second-order valence-electron chi connectivity index (χ2n) is 3.00. The number of hydrogen-bond donors (Lipinski definition) is 2. The first-order chi connectivity index (χ1) is 7.13. The minimum absolute atomic E-state index is 0.0158. The molecular weight excluding hydrogens is 198 g/mol. The zero-order valence-corrected chi connectivity index (χ0v) is 8.60. The smallest absolute Gasteiger partial charge is 0.354 e. The topological polar surface area (TPSA) is 84.3 Å². The van der Waals surface area contributed by atoms with Crippen LogP contribution in [0, 0.1) is 0 Å². The number of nitrogens with one attached hydrogen (secondary N) is 1. The lowest BCUT2D eigenvalue weighted by Crippen LogP contribution is -2.19. The Morgan fingerprint density at radius 2 is 2.47 bits per heavy atom. The number of aromatic carboxylic acids is 1. The SMILES string of the molecule is COC(C)CNc1nccc(C(=O)O)n1. The van der Waals surface area contributed by atoms with Crippen LogP contribution in [0.2, 0.25) is 0 Å². The molecule has 0 fully saturated rings. The Balaban J connectivity index is 2.62. The molecule has 0 aliphatic heterocycles. The fourth-order valence-electron chi connectivity index (χ4n) is 0.881. The molecule has 1 atom stereocenters. The lowest BCUT2D eigenvalue weighted by atomic mass is 10.4. The maximum Gasteiger partial charge on any atom is 0.354 e. The standard InChI is InChI=1S/C9H13N3O3/c1-6(15-2)5-11-9-10-4-3-7(12-9)8(13)14/h3-4,6H,5H2,1-2H3,(H,13,14)(H,10,11,12).